The van der Waals surface area contributed by atoms with Gasteiger partial charge in [0.25, 0.3) is 0 Å². The summed E-state index contributed by atoms with van der Waals surface area (Å²) in [6, 6.07) is 8.94. The Morgan fingerprint density at radius 2 is 1.92 bits per heavy atom. The van der Waals surface area contributed by atoms with Crippen LogP contribution in [0.2, 0.25) is 0 Å². The Balaban J connectivity index is 1.71. The summed E-state index contributed by atoms with van der Waals surface area (Å²) in [6.07, 6.45) is 3.79. The van der Waals surface area contributed by atoms with Gasteiger partial charge in [0, 0.05) is 26.7 Å². The lowest BCUT2D eigenvalue weighted by Crippen LogP contribution is -2.46. The van der Waals surface area contributed by atoms with Gasteiger partial charge in [-0.2, -0.15) is 0 Å². The van der Waals surface area contributed by atoms with Gasteiger partial charge in [-0.3, -0.25) is 9.79 Å². The van der Waals surface area contributed by atoms with E-state index in [9.17, 15) is 4.79 Å². The fourth-order valence-corrected chi connectivity index (χ4v) is 3.39. The average Bonchev–Trinajstić information content (AvgIpc) is 2.68. The highest BCUT2D eigenvalue weighted by molar-refractivity contribution is 5.80. The quantitative estimate of drug-likeness (QED) is 0.367. The van der Waals surface area contributed by atoms with E-state index in [0.717, 1.165) is 51.3 Å². The van der Waals surface area contributed by atoms with Gasteiger partial charge >= 0.3 is 5.97 Å². The van der Waals surface area contributed by atoms with E-state index < -0.39 is 0 Å². The maximum atomic E-state index is 11.6. The first-order valence-electron chi connectivity index (χ1n) is 9.67. The summed E-state index contributed by atoms with van der Waals surface area (Å²) in [6.45, 7) is 7.03. The van der Waals surface area contributed by atoms with Crippen LogP contribution in [-0.2, 0) is 16.0 Å². The second kappa shape index (κ2) is 10.2. The molecule has 5 nitrogen and oxygen atoms in total. The maximum absolute atomic E-state index is 11.6. The second-order valence-corrected chi connectivity index (χ2v) is 7.26. The molecule has 0 unspecified atom stereocenters. The van der Waals surface area contributed by atoms with E-state index in [4.69, 9.17) is 4.74 Å². The first-order chi connectivity index (χ1) is 12.5. The molecule has 1 aromatic carbocycles. The predicted octanol–water partition coefficient (Wildman–Crippen LogP) is 3.20. The van der Waals surface area contributed by atoms with E-state index in [1.807, 2.05) is 7.05 Å². The highest BCUT2D eigenvalue weighted by atomic mass is 16.5. The van der Waals surface area contributed by atoms with E-state index in [0.29, 0.717) is 5.92 Å². The Morgan fingerprint density at radius 1 is 1.27 bits per heavy atom. The number of aryl methyl sites for hydroxylation is 1. The van der Waals surface area contributed by atoms with Crippen LogP contribution in [0, 0.1) is 5.92 Å². The molecule has 144 valence electrons. The molecule has 1 aliphatic heterocycles. The van der Waals surface area contributed by atoms with E-state index in [2.05, 4.69) is 53.3 Å². The molecular formula is C21H33N3O2. The van der Waals surface area contributed by atoms with Gasteiger partial charge in [0.1, 0.15) is 0 Å². The molecule has 0 amide bonds. The zero-order valence-corrected chi connectivity index (χ0v) is 16.6. The minimum atomic E-state index is -0.0870. The van der Waals surface area contributed by atoms with Gasteiger partial charge in [0.15, 0.2) is 5.96 Å². The maximum Gasteiger partial charge on any atom is 0.308 e. The Morgan fingerprint density at radius 3 is 2.46 bits per heavy atom. The van der Waals surface area contributed by atoms with Crippen LogP contribution in [0.5, 0.6) is 0 Å². The third-order valence-electron chi connectivity index (χ3n) is 5.11. The van der Waals surface area contributed by atoms with Crippen molar-refractivity contribution in [1.29, 1.82) is 0 Å². The van der Waals surface area contributed by atoms with Crippen molar-refractivity contribution in [2.24, 2.45) is 10.9 Å². The van der Waals surface area contributed by atoms with Crippen molar-refractivity contribution in [2.45, 2.75) is 45.4 Å². The number of piperidine rings is 1. The summed E-state index contributed by atoms with van der Waals surface area (Å²) in [5.74, 6) is 1.46. The van der Waals surface area contributed by atoms with Crippen LogP contribution in [0.25, 0.3) is 0 Å². The molecule has 0 aliphatic carbocycles. The number of carbonyl (C=O) groups excluding carboxylic acids is 1. The molecule has 1 aromatic rings. The number of nitrogens with one attached hydrogen (secondary N) is 1. The Kier molecular flexibility index (Phi) is 7.95. The lowest BCUT2D eigenvalue weighted by molar-refractivity contribution is -0.146. The zero-order chi connectivity index (χ0) is 18.9. The number of hydrogen-bond acceptors (Lipinski definition) is 3. The van der Waals surface area contributed by atoms with Crippen molar-refractivity contribution in [1.82, 2.24) is 10.2 Å². The standard InChI is InChI=1S/C21H33N3O2/c1-16(2)18-9-7-17(8-10-18)6-5-13-23-21(22-3)24-14-11-19(12-15-24)20(25)26-4/h7-10,16,19H,5-6,11-15H2,1-4H3,(H,22,23). The number of esters is 1. The molecule has 1 saturated heterocycles. The van der Waals surface area contributed by atoms with Crippen LogP contribution in [0.15, 0.2) is 29.3 Å². The molecule has 0 bridgehead atoms. The number of ether oxygens (including phenoxy) is 1. The summed E-state index contributed by atoms with van der Waals surface area (Å²) in [7, 11) is 3.28. The highest BCUT2D eigenvalue weighted by Crippen LogP contribution is 2.18. The lowest BCUT2D eigenvalue weighted by Gasteiger charge is -2.33. The first kappa shape index (κ1) is 20.3. The first-order valence-corrected chi connectivity index (χ1v) is 9.67. The summed E-state index contributed by atoms with van der Waals surface area (Å²) < 4.78 is 4.85. The molecule has 1 aliphatic rings. The SMILES string of the molecule is CN=C(NCCCc1ccc(C(C)C)cc1)N1CCC(C(=O)OC)CC1. The van der Waals surface area contributed by atoms with Gasteiger partial charge in [-0.1, -0.05) is 38.1 Å². The molecule has 0 saturated carbocycles. The van der Waals surface area contributed by atoms with E-state index in [1.165, 1.54) is 18.2 Å². The van der Waals surface area contributed by atoms with Crippen LogP contribution >= 0.6 is 0 Å². The number of benzene rings is 1. The van der Waals surface area contributed by atoms with E-state index in [1.54, 1.807) is 0 Å². The number of guanidine groups is 1. The Hall–Kier alpha value is -2.04. The zero-order valence-electron chi connectivity index (χ0n) is 16.6. The van der Waals surface area contributed by atoms with Gasteiger partial charge in [0.2, 0.25) is 0 Å². The van der Waals surface area contributed by atoms with Crippen LogP contribution < -0.4 is 5.32 Å². The largest absolute Gasteiger partial charge is 0.469 e. The van der Waals surface area contributed by atoms with Gasteiger partial charge in [-0.15, -0.1) is 0 Å². The summed E-state index contributed by atoms with van der Waals surface area (Å²) in [5.41, 5.74) is 2.77. The van der Waals surface area contributed by atoms with Crippen molar-refractivity contribution in [3.63, 3.8) is 0 Å². The average molecular weight is 360 g/mol. The molecule has 1 fully saturated rings. The van der Waals surface area contributed by atoms with Crippen molar-refractivity contribution in [3.05, 3.63) is 35.4 Å². The molecule has 1 N–H and O–H groups in total. The van der Waals surface area contributed by atoms with Crippen LogP contribution in [-0.4, -0.2) is 50.6 Å². The molecule has 1 heterocycles. The summed E-state index contributed by atoms with van der Waals surface area (Å²) in [4.78, 5) is 18.3. The van der Waals surface area contributed by atoms with Gasteiger partial charge < -0.3 is 15.0 Å². The number of hydrogen-bond donors (Lipinski definition) is 1. The number of carbonyl (C=O) groups is 1. The Labute approximate surface area is 157 Å². The van der Waals surface area contributed by atoms with Gasteiger partial charge in [-0.05, 0) is 42.7 Å². The van der Waals surface area contributed by atoms with Crippen molar-refractivity contribution < 1.29 is 9.53 Å². The number of aliphatic imine (C=N–C) groups is 1. The predicted molar refractivity (Wildman–Crippen MR) is 107 cm³/mol. The topological polar surface area (TPSA) is 53.9 Å². The third kappa shape index (κ3) is 5.75. The Bertz CT molecular complexity index is 588. The minimum Gasteiger partial charge on any atom is -0.469 e. The minimum absolute atomic E-state index is 0.0307. The molecule has 2 rings (SSSR count). The molecule has 26 heavy (non-hydrogen) atoms. The van der Waals surface area contributed by atoms with Crippen molar-refractivity contribution in [3.8, 4) is 0 Å². The summed E-state index contributed by atoms with van der Waals surface area (Å²) >= 11 is 0. The van der Waals surface area contributed by atoms with Crippen molar-refractivity contribution in [2.75, 3.05) is 33.8 Å². The molecule has 0 aromatic heterocycles. The normalized spacial score (nSPS) is 16.0. The lowest BCUT2D eigenvalue weighted by atomic mass is 9.97. The molecule has 0 spiro atoms. The fourth-order valence-electron chi connectivity index (χ4n) is 3.39. The summed E-state index contributed by atoms with van der Waals surface area (Å²) in [5, 5.41) is 3.46. The van der Waals surface area contributed by atoms with Crippen molar-refractivity contribution >= 4 is 11.9 Å². The molecule has 0 atom stereocenters. The highest BCUT2D eigenvalue weighted by Gasteiger charge is 2.26. The van der Waals surface area contributed by atoms with E-state index in [-0.39, 0.29) is 11.9 Å². The van der Waals surface area contributed by atoms with Crippen LogP contribution in [0.4, 0.5) is 0 Å². The molecular weight excluding hydrogens is 326 g/mol. The number of rotatable bonds is 6. The second-order valence-electron chi connectivity index (χ2n) is 7.26. The van der Waals surface area contributed by atoms with Crippen LogP contribution in [0.1, 0.15) is 50.2 Å². The monoisotopic (exact) mass is 359 g/mol. The van der Waals surface area contributed by atoms with Gasteiger partial charge in [-0.25, -0.2) is 0 Å². The van der Waals surface area contributed by atoms with Crippen LogP contribution in [0.3, 0.4) is 0 Å². The number of likely N-dealkylation sites (tertiary alicyclic amines) is 1. The molecule has 0 radical (unpaired) electrons. The fraction of sp³-hybridized carbons (Fsp3) is 0.619. The number of methoxy groups -OCH3 is 1. The smallest absolute Gasteiger partial charge is 0.308 e. The third-order valence-corrected chi connectivity index (χ3v) is 5.11. The molecule has 5 heteroatoms. The van der Waals surface area contributed by atoms with Gasteiger partial charge in [0.05, 0.1) is 13.0 Å². The van der Waals surface area contributed by atoms with E-state index >= 15 is 0 Å². The number of nitrogens with zero attached hydrogens (tertiary/aromatic N) is 2.